The van der Waals surface area contributed by atoms with E-state index in [-0.39, 0.29) is 5.92 Å². The van der Waals surface area contributed by atoms with Crippen molar-refractivity contribution in [2.75, 3.05) is 32.7 Å². The average molecular weight is 304 g/mol. The Balaban J connectivity index is 1.69. The molecule has 0 amide bonds. The molecule has 4 nitrogen and oxygen atoms in total. The topological polar surface area (TPSA) is 43.8 Å². The summed E-state index contributed by atoms with van der Waals surface area (Å²) in [7, 11) is 0. The summed E-state index contributed by atoms with van der Waals surface area (Å²) >= 11 is 0. The number of carbonyl (C=O) groups is 1. The third-order valence-electron chi connectivity index (χ3n) is 4.49. The van der Waals surface area contributed by atoms with Crippen LogP contribution in [0, 0.1) is 5.92 Å². The minimum Gasteiger partial charge on any atom is -0.481 e. The predicted octanol–water partition coefficient (Wildman–Crippen LogP) is 2.70. The van der Waals surface area contributed by atoms with E-state index in [1.54, 1.807) is 0 Å². The van der Waals surface area contributed by atoms with E-state index in [9.17, 15) is 9.90 Å². The molecule has 0 radical (unpaired) electrons. The van der Waals surface area contributed by atoms with Crippen molar-refractivity contribution in [2.24, 2.45) is 5.92 Å². The maximum absolute atomic E-state index is 11.2. The molecule has 1 fully saturated rings. The van der Waals surface area contributed by atoms with Crippen LogP contribution in [0.3, 0.4) is 0 Å². The summed E-state index contributed by atoms with van der Waals surface area (Å²) in [5.74, 6) is -0.808. The van der Waals surface area contributed by atoms with Crippen molar-refractivity contribution < 1.29 is 9.90 Å². The van der Waals surface area contributed by atoms with Gasteiger partial charge in [-0.1, -0.05) is 43.7 Å². The van der Waals surface area contributed by atoms with E-state index in [1.807, 2.05) is 0 Å². The van der Waals surface area contributed by atoms with Crippen LogP contribution in [-0.4, -0.2) is 53.6 Å². The van der Waals surface area contributed by atoms with Gasteiger partial charge in [-0.3, -0.25) is 9.69 Å². The Morgan fingerprint density at radius 2 is 1.73 bits per heavy atom. The predicted molar refractivity (Wildman–Crippen MR) is 88.8 cm³/mol. The lowest BCUT2D eigenvalue weighted by Crippen LogP contribution is -2.46. The van der Waals surface area contributed by atoms with Gasteiger partial charge in [0.2, 0.25) is 0 Å². The molecular formula is C18H28N2O2. The molecular weight excluding hydrogens is 276 g/mol. The normalized spacial score (nSPS) is 18.2. The molecule has 1 saturated heterocycles. The lowest BCUT2D eigenvalue weighted by molar-refractivity contribution is -0.142. The van der Waals surface area contributed by atoms with Gasteiger partial charge in [0, 0.05) is 32.7 Å². The number of benzene rings is 1. The Hall–Kier alpha value is -1.39. The highest BCUT2D eigenvalue weighted by molar-refractivity contribution is 5.69. The molecule has 0 bridgehead atoms. The maximum Gasteiger partial charge on any atom is 0.306 e. The Morgan fingerprint density at radius 3 is 2.32 bits per heavy atom. The summed E-state index contributed by atoms with van der Waals surface area (Å²) in [4.78, 5) is 16.1. The van der Waals surface area contributed by atoms with Crippen molar-refractivity contribution in [2.45, 2.75) is 32.7 Å². The molecule has 1 unspecified atom stereocenters. The highest BCUT2D eigenvalue weighted by Crippen LogP contribution is 2.14. The molecule has 1 atom stereocenters. The molecule has 2 rings (SSSR count). The molecule has 0 saturated carbocycles. The van der Waals surface area contributed by atoms with Crippen molar-refractivity contribution in [3.63, 3.8) is 0 Å². The number of carboxylic acid groups (broad SMARTS) is 1. The summed E-state index contributed by atoms with van der Waals surface area (Å²) in [5.41, 5.74) is 1.37. The van der Waals surface area contributed by atoms with E-state index in [1.165, 1.54) is 5.56 Å². The van der Waals surface area contributed by atoms with E-state index in [2.05, 4.69) is 47.1 Å². The van der Waals surface area contributed by atoms with Gasteiger partial charge in [-0.2, -0.15) is 0 Å². The highest BCUT2D eigenvalue weighted by atomic mass is 16.4. The first-order valence-corrected chi connectivity index (χ1v) is 8.40. The van der Waals surface area contributed by atoms with Crippen LogP contribution in [-0.2, 0) is 11.3 Å². The zero-order chi connectivity index (χ0) is 15.8. The van der Waals surface area contributed by atoms with Crippen LogP contribution in [0.25, 0.3) is 0 Å². The number of carboxylic acids is 1. The number of aliphatic carboxylic acids is 1. The number of piperazine rings is 1. The van der Waals surface area contributed by atoms with Gasteiger partial charge < -0.3 is 10.0 Å². The van der Waals surface area contributed by atoms with Gasteiger partial charge in [0.15, 0.2) is 0 Å². The van der Waals surface area contributed by atoms with Crippen molar-refractivity contribution in [3.05, 3.63) is 35.9 Å². The summed E-state index contributed by atoms with van der Waals surface area (Å²) < 4.78 is 0. The first-order chi connectivity index (χ1) is 10.7. The number of rotatable bonds is 8. The number of nitrogens with zero attached hydrogens (tertiary/aromatic N) is 2. The van der Waals surface area contributed by atoms with Crippen molar-refractivity contribution in [1.82, 2.24) is 9.80 Å². The fourth-order valence-corrected chi connectivity index (χ4v) is 3.09. The van der Waals surface area contributed by atoms with E-state index in [0.717, 1.165) is 58.5 Å². The van der Waals surface area contributed by atoms with Crippen LogP contribution in [0.1, 0.15) is 31.7 Å². The SMILES string of the molecule is CCCC(CCN1CCN(Cc2ccccc2)CC1)C(=O)O. The standard InChI is InChI=1S/C18H28N2O2/c1-2-6-17(18(21)22)9-10-19-11-13-20(14-12-19)15-16-7-4-3-5-8-16/h3-5,7-8,17H,2,6,9-15H2,1H3,(H,21,22). The maximum atomic E-state index is 11.2. The first-order valence-electron chi connectivity index (χ1n) is 8.40. The van der Waals surface area contributed by atoms with Gasteiger partial charge in [-0.15, -0.1) is 0 Å². The lowest BCUT2D eigenvalue weighted by atomic mass is 9.99. The van der Waals surface area contributed by atoms with Crippen LogP contribution >= 0.6 is 0 Å². The van der Waals surface area contributed by atoms with Crippen LogP contribution in [0.15, 0.2) is 30.3 Å². The largest absolute Gasteiger partial charge is 0.481 e. The van der Waals surface area contributed by atoms with Crippen molar-refractivity contribution in [1.29, 1.82) is 0 Å². The van der Waals surface area contributed by atoms with Crippen LogP contribution in [0.2, 0.25) is 0 Å². The van der Waals surface area contributed by atoms with Gasteiger partial charge in [0.05, 0.1) is 5.92 Å². The molecule has 22 heavy (non-hydrogen) atoms. The van der Waals surface area contributed by atoms with Crippen molar-refractivity contribution in [3.8, 4) is 0 Å². The van der Waals surface area contributed by atoms with Gasteiger partial charge in [0.1, 0.15) is 0 Å². The van der Waals surface area contributed by atoms with Crippen LogP contribution < -0.4 is 0 Å². The monoisotopic (exact) mass is 304 g/mol. The minimum absolute atomic E-state index is 0.174. The zero-order valence-corrected chi connectivity index (χ0v) is 13.6. The summed E-state index contributed by atoms with van der Waals surface area (Å²) in [6.45, 7) is 8.22. The van der Waals surface area contributed by atoms with E-state index in [4.69, 9.17) is 0 Å². The summed E-state index contributed by atoms with van der Waals surface area (Å²) in [5, 5.41) is 9.21. The van der Waals surface area contributed by atoms with Crippen LogP contribution in [0.4, 0.5) is 0 Å². The molecule has 122 valence electrons. The lowest BCUT2D eigenvalue weighted by Gasteiger charge is -2.35. The molecule has 4 heteroatoms. The molecule has 0 spiro atoms. The zero-order valence-electron chi connectivity index (χ0n) is 13.6. The second kappa shape index (κ2) is 8.91. The Morgan fingerprint density at radius 1 is 1.09 bits per heavy atom. The molecule has 1 aliphatic heterocycles. The Kier molecular flexibility index (Phi) is 6.87. The second-order valence-corrected chi connectivity index (χ2v) is 6.22. The molecule has 0 aromatic heterocycles. The van der Waals surface area contributed by atoms with Crippen LogP contribution in [0.5, 0.6) is 0 Å². The number of hydrogen-bond acceptors (Lipinski definition) is 3. The van der Waals surface area contributed by atoms with Gasteiger partial charge in [0.25, 0.3) is 0 Å². The molecule has 1 heterocycles. The molecule has 1 N–H and O–H groups in total. The van der Waals surface area contributed by atoms with Crippen molar-refractivity contribution >= 4 is 5.97 Å². The third kappa shape index (κ3) is 5.43. The fraction of sp³-hybridized carbons (Fsp3) is 0.611. The fourth-order valence-electron chi connectivity index (χ4n) is 3.09. The van der Waals surface area contributed by atoms with Gasteiger partial charge in [-0.05, 0) is 24.9 Å². The Labute approximate surface area is 133 Å². The van der Waals surface area contributed by atoms with Gasteiger partial charge >= 0.3 is 5.97 Å². The number of hydrogen-bond donors (Lipinski definition) is 1. The van der Waals surface area contributed by atoms with Gasteiger partial charge in [-0.25, -0.2) is 0 Å². The summed E-state index contributed by atoms with van der Waals surface area (Å²) in [6.07, 6.45) is 2.52. The minimum atomic E-state index is -0.635. The summed E-state index contributed by atoms with van der Waals surface area (Å²) in [6, 6.07) is 10.6. The average Bonchev–Trinajstić information content (AvgIpc) is 2.53. The highest BCUT2D eigenvalue weighted by Gasteiger charge is 2.20. The smallest absolute Gasteiger partial charge is 0.306 e. The Bertz CT molecular complexity index is 442. The molecule has 1 aliphatic rings. The molecule has 1 aromatic carbocycles. The molecule has 1 aromatic rings. The quantitative estimate of drug-likeness (QED) is 0.802. The van der Waals surface area contributed by atoms with E-state index in [0.29, 0.717) is 0 Å². The van der Waals surface area contributed by atoms with E-state index >= 15 is 0 Å². The molecule has 0 aliphatic carbocycles. The van der Waals surface area contributed by atoms with E-state index < -0.39 is 5.97 Å². The third-order valence-corrected chi connectivity index (χ3v) is 4.49. The first kappa shape index (κ1) is 17.0. The second-order valence-electron chi connectivity index (χ2n) is 6.22.